The monoisotopic (exact) mass is 272 g/mol. The Labute approximate surface area is 120 Å². The van der Waals surface area contributed by atoms with E-state index in [1.165, 1.54) is 0 Å². The van der Waals surface area contributed by atoms with Crippen molar-refractivity contribution >= 4 is 43.9 Å². The minimum absolute atomic E-state index is 0.875. The van der Waals surface area contributed by atoms with E-state index in [1.807, 2.05) is 24.3 Å². The maximum Gasteiger partial charge on any atom is 0.139 e. The first-order valence-electron chi connectivity index (χ1n) is 7.04. The zero-order valence-electron chi connectivity index (χ0n) is 11.5. The van der Waals surface area contributed by atoms with E-state index in [4.69, 9.17) is 8.83 Å². The van der Waals surface area contributed by atoms with Gasteiger partial charge in [0.2, 0.25) is 0 Å². The smallest absolute Gasteiger partial charge is 0.139 e. The molecule has 5 rings (SSSR count). The molecule has 0 saturated heterocycles. The van der Waals surface area contributed by atoms with E-state index in [-0.39, 0.29) is 0 Å². The highest BCUT2D eigenvalue weighted by atomic mass is 16.3. The van der Waals surface area contributed by atoms with Crippen LogP contribution in [0.4, 0.5) is 0 Å². The highest BCUT2D eigenvalue weighted by Gasteiger charge is 2.13. The number of para-hydroxylation sites is 2. The maximum absolute atomic E-state index is 6.03. The normalized spacial score (nSPS) is 12.0. The minimum Gasteiger partial charge on any atom is -0.456 e. The van der Waals surface area contributed by atoms with E-state index in [2.05, 4.69) is 37.3 Å². The van der Waals surface area contributed by atoms with E-state index in [1.54, 1.807) is 0 Å². The summed E-state index contributed by atoms with van der Waals surface area (Å²) >= 11 is 0. The van der Waals surface area contributed by atoms with Gasteiger partial charge in [0, 0.05) is 27.6 Å². The van der Waals surface area contributed by atoms with Crippen molar-refractivity contribution < 1.29 is 8.83 Å². The third-order valence-electron chi connectivity index (χ3n) is 4.19. The molecule has 0 radical (unpaired) electrons. The Hall–Kier alpha value is -2.74. The molecule has 0 bridgehead atoms. The molecule has 0 fully saturated rings. The summed E-state index contributed by atoms with van der Waals surface area (Å²) in [5, 5.41) is 4.60. The van der Waals surface area contributed by atoms with Gasteiger partial charge >= 0.3 is 0 Å². The van der Waals surface area contributed by atoms with Gasteiger partial charge < -0.3 is 8.83 Å². The van der Waals surface area contributed by atoms with Crippen molar-refractivity contribution in [2.24, 2.45) is 0 Å². The van der Waals surface area contributed by atoms with Crippen molar-refractivity contribution in [2.45, 2.75) is 6.92 Å². The SMILES string of the molecule is Cc1cccc2c1oc1cc3oc4ccccc4c3cc12. The fourth-order valence-corrected chi connectivity index (χ4v) is 3.16. The van der Waals surface area contributed by atoms with Gasteiger partial charge in [-0.05, 0) is 24.6 Å². The van der Waals surface area contributed by atoms with Gasteiger partial charge in [0.1, 0.15) is 22.3 Å². The fraction of sp³-hybridized carbons (Fsp3) is 0.0526. The fourth-order valence-electron chi connectivity index (χ4n) is 3.16. The minimum atomic E-state index is 0.875. The first-order valence-corrected chi connectivity index (χ1v) is 7.04. The molecule has 0 spiro atoms. The Balaban J connectivity index is 2.04. The molecule has 2 heteroatoms. The largest absolute Gasteiger partial charge is 0.456 e. The standard InChI is InChI=1S/C19H12O2/c1-11-5-4-7-13-15-9-14-12-6-2-3-8-16(12)20-17(14)10-18(15)21-19(11)13/h2-10H,1H3. The molecule has 0 atom stereocenters. The van der Waals surface area contributed by atoms with Gasteiger partial charge in [0.05, 0.1) is 0 Å². The summed E-state index contributed by atoms with van der Waals surface area (Å²) in [6.07, 6.45) is 0. The van der Waals surface area contributed by atoms with E-state index >= 15 is 0 Å². The highest BCUT2D eigenvalue weighted by Crippen LogP contribution is 2.37. The summed E-state index contributed by atoms with van der Waals surface area (Å²) in [6, 6.07) is 18.6. The second-order valence-corrected chi connectivity index (χ2v) is 5.50. The van der Waals surface area contributed by atoms with Crippen LogP contribution in [0.2, 0.25) is 0 Å². The van der Waals surface area contributed by atoms with Crippen molar-refractivity contribution in [2.75, 3.05) is 0 Å². The molecule has 5 aromatic rings. The van der Waals surface area contributed by atoms with Crippen LogP contribution < -0.4 is 0 Å². The van der Waals surface area contributed by atoms with Gasteiger partial charge in [-0.25, -0.2) is 0 Å². The third-order valence-corrected chi connectivity index (χ3v) is 4.19. The van der Waals surface area contributed by atoms with Crippen molar-refractivity contribution in [1.82, 2.24) is 0 Å². The van der Waals surface area contributed by atoms with Crippen LogP contribution in [-0.4, -0.2) is 0 Å². The van der Waals surface area contributed by atoms with Gasteiger partial charge in [-0.1, -0.05) is 36.4 Å². The Morgan fingerprint density at radius 3 is 2.33 bits per heavy atom. The van der Waals surface area contributed by atoms with Crippen molar-refractivity contribution in [3.63, 3.8) is 0 Å². The van der Waals surface area contributed by atoms with Gasteiger partial charge in [0.25, 0.3) is 0 Å². The number of hydrogen-bond acceptors (Lipinski definition) is 2. The molecule has 0 aliphatic carbocycles. The molecular weight excluding hydrogens is 260 g/mol. The highest BCUT2D eigenvalue weighted by molar-refractivity contribution is 6.15. The summed E-state index contributed by atoms with van der Waals surface area (Å²) in [5.41, 5.74) is 4.79. The number of fused-ring (bicyclic) bond motifs is 6. The van der Waals surface area contributed by atoms with E-state index in [0.717, 1.165) is 49.4 Å². The molecule has 3 aromatic carbocycles. The molecule has 0 amide bonds. The number of benzene rings is 3. The number of furan rings is 2. The van der Waals surface area contributed by atoms with Crippen LogP contribution in [0.5, 0.6) is 0 Å². The molecular formula is C19H12O2. The lowest BCUT2D eigenvalue weighted by Gasteiger charge is -1.92. The summed E-state index contributed by atoms with van der Waals surface area (Å²) in [7, 11) is 0. The lowest BCUT2D eigenvalue weighted by Crippen LogP contribution is -1.71. The van der Waals surface area contributed by atoms with Gasteiger partial charge in [-0.3, -0.25) is 0 Å². The van der Waals surface area contributed by atoms with Crippen LogP contribution in [0.15, 0.2) is 63.4 Å². The van der Waals surface area contributed by atoms with Crippen LogP contribution in [0.25, 0.3) is 43.9 Å². The molecule has 0 saturated carbocycles. The lowest BCUT2D eigenvalue weighted by atomic mass is 10.1. The van der Waals surface area contributed by atoms with Crippen molar-refractivity contribution in [3.8, 4) is 0 Å². The Morgan fingerprint density at radius 2 is 1.38 bits per heavy atom. The first-order chi connectivity index (χ1) is 10.3. The molecule has 2 aromatic heterocycles. The van der Waals surface area contributed by atoms with Crippen LogP contribution >= 0.6 is 0 Å². The van der Waals surface area contributed by atoms with Crippen LogP contribution in [0.1, 0.15) is 5.56 Å². The second-order valence-electron chi connectivity index (χ2n) is 5.50. The Kier molecular flexibility index (Phi) is 1.92. The van der Waals surface area contributed by atoms with Crippen molar-refractivity contribution in [1.29, 1.82) is 0 Å². The van der Waals surface area contributed by atoms with Crippen LogP contribution in [-0.2, 0) is 0 Å². The van der Waals surface area contributed by atoms with Crippen LogP contribution in [0, 0.1) is 6.92 Å². The predicted molar refractivity (Wildman–Crippen MR) is 85.7 cm³/mol. The average molecular weight is 272 g/mol. The predicted octanol–water partition coefficient (Wildman–Crippen LogP) is 5.79. The number of hydrogen-bond donors (Lipinski definition) is 0. The Morgan fingerprint density at radius 1 is 0.619 bits per heavy atom. The van der Waals surface area contributed by atoms with E-state index in [0.29, 0.717) is 0 Å². The summed E-state index contributed by atoms with van der Waals surface area (Å²) in [6.45, 7) is 2.07. The van der Waals surface area contributed by atoms with Gasteiger partial charge in [-0.2, -0.15) is 0 Å². The van der Waals surface area contributed by atoms with Crippen molar-refractivity contribution in [3.05, 3.63) is 60.2 Å². The van der Waals surface area contributed by atoms with Gasteiger partial charge in [-0.15, -0.1) is 0 Å². The zero-order chi connectivity index (χ0) is 14.0. The van der Waals surface area contributed by atoms with E-state index in [9.17, 15) is 0 Å². The maximum atomic E-state index is 6.03. The third kappa shape index (κ3) is 1.37. The second kappa shape index (κ2) is 3.67. The van der Waals surface area contributed by atoms with E-state index < -0.39 is 0 Å². The number of rotatable bonds is 0. The molecule has 0 unspecified atom stereocenters. The molecule has 0 aliphatic rings. The zero-order valence-corrected chi connectivity index (χ0v) is 11.5. The molecule has 100 valence electrons. The number of aryl methyl sites for hydroxylation is 1. The lowest BCUT2D eigenvalue weighted by molar-refractivity contribution is 0.654. The van der Waals surface area contributed by atoms with Crippen LogP contribution in [0.3, 0.4) is 0 Å². The summed E-state index contributed by atoms with van der Waals surface area (Å²) < 4.78 is 12.0. The van der Waals surface area contributed by atoms with Gasteiger partial charge in [0.15, 0.2) is 0 Å². The average Bonchev–Trinajstić information content (AvgIpc) is 3.04. The molecule has 0 N–H and O–H groups in total. The quantitative estimate of drug-likeness (QED) is 0.356. The molecule has 21 heavy (non-hydrogen) atoms. The molecule has 2 heterocycles. The summed E-state index contributed by atoms with van der Waals surface area (Å²) in [5.74, 6) is 0. The summed E-state index contributed by atoms with van der Waals surface area (Å²) in [4.78, 5) is 0. The topological polar surface area (TPSA) is 26.3 Å². The molecule has 0 aliphatic heterocycles. The first kappa shape index (κ1) is 11.0. The molecule has 2 nitrogen and oxygen atoms in total. The Bertz CT molecular complexity index is 1140.